The van der Waals surface area contributed by atoms with Gasteiger partial charge in [-0.3, -0.25) is 4.68 Å². The van der Waals surface area contributed by atoms with Crippen LogP contribution in [0, 0.1) is 13.8 Å². The van der Waals surface area contributed by atoms with Crippen LogP contribution in [0.25, 0.3) is 0 Å². The average Bonchev–Trinajstić information content (AvgIpc) is 2.80. The lowest BCUT2D eigenvalue weighted by Crippen LogP contribution is -2.18. The zero-order chi connectivity index (χ0) is 12.4. The highest BCUT2D eigenvalue weighted by molar-refractivity contribution is 5.38. The number of nitrogens with two attached hydrogens (primary N) is 1. The molecule has 1 unspecified atom stereocenters. The summed E-state index contributed by atoms with van der Waals surface area (Å²) in [6, 6.07) is 8.17. The van der Waals surface area contributed by atoms with Crippen molar-refractivity contribution in [1.82, 2.24) is 9.78 Å². The fraction of sp³-hybridized carbons (Fsp3) is 0.357. The fourth-order valence-corrected chi connectivity index (χ4v) is 2.14. The molecule has 1 aromatic heterocycles. The van der Waals surface area contributed by atoms with E-state index >= 15 is 0 Å². The number of benzene rings is 1. The predicted molar refractivity (Wildman–Crippen MR) is 69.8 cm³/mol. The van der Waals surface area contributed by atoms with E-state index in [4.69, 9.17) is 5.73 Å². The zero-order valence-electron chi connectivity index (χ0n) is 10.6. The Morgan fingerprint density at radius 1 is 1.29 bits per heavy atom. The smallest absolute Gasteiger partial charge is 0.0725 e. The van der Waals surface area contributed by atoms with E-state index in [0.29, 0.717) is 0 Å². The van der Waals surface area contributed by atoms with Crippen LogP contribution in [0.4, 0.5) is 0 Å². The first-order valence-electron chi connectivity index (χ1n) is 5.98. The number of hydrogen-bond donors (Lipinski definition) is 1. The Bertz CT molecular complexity index is 514. The number of hydrogen-bond acceptors (Lipinski definition) is 2. The molecule has 0 bridgehead atoms. The molecule has 17 heavy (non-hydrogen) atoms. The molecule has 1 atom stereocenters. The summed E-state index contributed by atoms with van der Waals surface area (Å²) < 4.78 is 1.95. The molecule has 3 nitrogen and oxygen atoms in total. The maximum absolute atomic E-state index is 6.35. The van der Waals surface area contributed by atoms with Gasteiger partial charge in [0.15, 0.2) is 0 Å². The Kier molecular flexibility index (Phi) is 3.29. The molecule has 0 amide bonds. The Labute approximate surface area is 102 Å². The van der Waals surface area contributed by atoms with Crippen LogP contribution < -0.4 is 5.73 Å². The van der Waals surface area contributed by atoms with Crippen LogP contribution in [0.15, 0.2) is 30.5 Å². The SMILES string of the molecule is CCn1nccc1C(N)c1cccc(C)c1C. The summed E-state index contributed by atoms with van der Waals surface area (Å²) in [5.41, 5.74) is 11.1. The van der Waals surface area contributed by atoms with E-state index in [0.717, 1.165) is 12.2 Å². The summed E-state index contributed by atoms with van der Waals surface area (Å²) in [5.74, 6) is 0. The van der Waals surface area contributed by atoms with Crippen LogP contribution in [0.2, 0.25) is 0 Å². The van der Waals surface area contributed by atoms with Gasteiger partial charge in [-0.1, -0.05) is 18.2 Å². The second-order valence-electron chi connectivity index (χ2n) is 4.34. The van der Waals surface area contributed by atoms with E-state index in [-0.39, 0.29) is 6.04 Å². The van der Waals surface area contributed by atoms with Gasteiger partial charge >= 0.3 is 0 Å². The summed E-state index contributed by atoms with van der Waals surface area (Å²) in [7, 11) is 0. The van der Waals surface area contributed by atoms with Gasteiger partial charge < -0.3 is 5.73 Å². The summed E-state index contributed by atoms with van der Waals surface area (Å²) in [4.78, 5) is 0. The second kappa shape index (κ2) is 4.72. The van der Waals surface area contributed by atoms with Crippen molar-refractivity contribution in [3.63, 3.8) is 0 Å². The topological polar surface area (TPSA) is 43.8 Å². The van der Waals surface area contributed by atoms with Crippen molar-refractivity contribution in [1.29, 1.82) is 0 Å². The summed E-state index contributed by atoms with van der Waals surface area (Å²) >= 11 is 0. The highest BCUT2D eigenvalue weighted by Gasteiger charge is 2.15. The van der Waals surface area contributed by atoms with Gasteiger partial charge in [0.2, 0.25) is 0 Å². The molecule has 3 heteroatoms. The van der Waals surface area contributed by atoms with Crippen LogP contribution in [-0.2, 0) is 6.54 Å². The molecule has 90 valence electrons. The average molecular weight is 229 g/mol. The first kappa shape index (κ1) is 11.9. The first-order chi connectivity index (χ1) is 8.15. The molecule has 0 aliphatic heterocycles. The number of rotatable bonds is 3. The van der Waals surface area contributed by atoms with Crippen molar-refractivity contribution in [2.24, 2.45) is 5.73 Å². The molecule has 0 radical (unpaired) electrons. The van der Waals surface area contributed by atoms with Crippen molar-refractivity contribution in [3.8, 4) is 0 Å². The van der Waals surface area contributed by atoms with E-state index < -0.39 is 0 Å². The Balaban J connectivity index is 2.44. The molecule has 0 fully saturated rings. The third-order valence-electron chi connectivity index (χ3n) is 3.35. The minimum Gasteiger partial charge on any atom is -0.319 e. The van der Waals surface area contributed by atoms with Gasteiger partial charge in [0.1, 0.15) is 0 Å². The Morgan fingerprint density at radius 3 is 2.76 bits per heavy atom. The lowest BCUT2D eigenvalue weighted by atomic mass is 9.96. The lowest BCUT2D eigenvalue weighted by molar-refractivity contribution is 0.600. The number of aryl methyl sites for hydroxylation is 2. The maximum Gasteiger partial charge on any atom is 0.0725 e. The van der Waals surface area contributed by atoms with Crippen molar-refractivity contribution in [2.45, 2.75) is 33.4 Å². The monoisotopic (exact) mass is 229 g/mol. The maximum atomic E-state index is 6.35. The van der Waals surface area contributed by atoms with E-state index in [1.807, 2.05) is 16.9 Å². The van der Waals surface area contributed by atoms with E-state index in [1.165, 1.54) is 16.7 Å². The fourth-order valence-electron chi connectivity index (χ4n) is 2.14. The van der Waals surface area contributed by atoms with E-state index in [2.05, 4.69) is 44.1 Å². The van der Waals surface area contributed by atoms with Gasteiger partial charge in [-0.25, -0.2) is 0 Å². The summed E-state index contributed by atoms with van der Waals surface area (Å²) in [6.07, 6.45) is 1.81. The molecular formula is C14H19N3. The predicted octanol–water partition coefficient (Wildman–Crippen LogP) is 2.57. The molecule has 1 aromatic carbocycles. The molecule has 2 aromatic rings. The van der Waals surface area contributed by atoms with Crippen LogP contribution in [0.5, 0.6) is 0 Å². The molecule has 0 aliphatic rings. The van der Waals surface area contributed by atoms with Crippen molar-refractivity contribution in [3.05, 3.63) is 52.8 Å². The van der Waals surface area contributed by atoms with Gasteiger partial charge in [0, 0.05) is 12.7 Å². The molecule has 1 heterocycles. The molecule has 0 saturated heterocycles. The van der Waals surface area contributed by atoms with Crippen LogP contribution in [0.1, 0.15) is 35.3 Å². The van der Waals surface area contributed by atoms with Gasteiger partial charge in [-0.2, -0.15) is 5.10 Å². The second-order valence-corrected chi connectivity index (χ2v) is 4.34. The standard InChI is InChI=1S/C14H19N3/c1-4-17-13(8-9-16-17)14(15)12-7-5-6-10(2)11(12)3/h5-9,14H,4,15H2,1-3H3. The minimum atomic E-state index is -0.0997. The first-order valence-corrected chi connectivity index (χ1v) is 5.98. The highest BCUT2D eigenvalue weighted by Crippen LogP contribution is 2.24. The lowest BCUT2D eigenvalue weighted by Gasteiger charge is -2.17. The van der Waals surface area contributed by atoms with Crippen LogP contribution >= 0.6 is 0 Å². The van der Waals surface area contributed by atoms with E-state index in [9.17, 15) is 0 Å². The molecule has 0 spiro atoms. The van der Waals surface area contributed by atoms with Crippen LogP contribution in [0.3, 0.4) is 0 Å². The van der Waals surface area contributed by atoms with Gasteiger partial charge in [0.05, 0.1) is 11.7 Å². The minimum absolute atomic E-state index is 0.0997. The Hall–Kier alpha value is -1.61. The van der Waals surface area contributed by atoms with Crippen molar-refractivity contribution >= 4 is 0 Å². The van der Waals surface area contributed by atoms with Gasteiger partial charge in [0.25, 0.3) is 0 Å². The molecule has 0 saturated carbocycles. The van der Waals surface area contributed by atoms with E-state index in [1.54, 1.807) is 0 Å². The Morgan fingerprint density at radius 2 is 2.06 bits per heavy atom. The molecule has 0 aliphatic carbocycles. The number of aromatic nitrogens is 2. The largest absolute Gasteiger partial charge is 0.319 e. The van der Waals surface area contributed by atoms with Gasteiger partial charge in [-0.05, 0) is 43.5 Å². The van der Waals surface area contributed by atoms with Crippen molar-refractivity contribution < 1.29 is 0 Å². The van der Waals surface area contributed by atoms with Gasteiger partial charge in [-0.15, -0.1) is 0 Å². The molecule has 2 rings (SSSR count). The summed E-state index contributed by atoms with van der Waals surface area (Å²) in [5, 5.41) is 4.27. The number of nitrogens with zero attached hydrogens (tertiary/aromatic N) is 2. The summed E-state index contributed by atoms with van der Waals surface area (Å²) in [6.45, 7) is 7.16. The third-order valence-corrected chi connectivity index (χ3v) is 3.35. The quantitative estimate of drug-likeness (QED) is 0.879. The van der Waals surface area contributed by atoms with Crippen molar-refractivity contribution in [2.75, 3.05) is 0 Å². The molecular weight excluding hydrogens is 210 g/mol. The normalized spacial score (nSPS) is 12.7. The van der Waals surface area contributed by atoms with Crippen LogP contribution in [-0.4, -0.2) is 9.78 Å². The third kappa shape index (κ3) is 2.11. The highest BCUT2D eigenvalue weighted by atomic mass is 15.3. The zero-order valence-corrected chi connectivity index (χ0v) is 10.6. The molecule has 2 N–H and O–H groups in total.